The Morgan fingerprint density at radius 2 is 1.95 bits per heavy atom. The zero-order valence-corrected chi connectivity index (χ0v) is 14.0. The minimum Gasteiger partial charge on any atom is -0.356 e. The summed E-state index contributed by atoms with van der Waals surface area (Å²) in [5.74, 6) is -0.343. The highest BCUT2D eigenvalue weighted by Crippen LogP contribution is 2.12. The van der Waals surface area contributed by atoms with Gasteiger partial charge in [-0.05, 0) is 12.0 Å². The highest BCUT2D eigenvalue weighted by atomic mass is 32.2. The first kappa shape index (κ1) is 18.6. The summed E-state index contributed by atoms with van der Waals surface area (Å²) in [5.41, 5.74) is 0.288. The van der Waals surface area contributed by atoms with Gasteiger partial charge in [0.15, 0.2) is 0 Å². The molecule has 1 aromatic rings. The summed E-state index contributed by atoms with van der Waals surface area (Å²) in [5, 5.41) is 2.73. The highest BCUT2D eigenvalue weighted by molar-refractivity contribution is 7.88. The van der Waals surface area contributed by atoms with Gasteiger partial charge in [-0.15, -0.1) is 0 Å². The number of hydrogen-bond donors (Lipinski definition) is 1. The Kier molecular flexibility index (Phi) is 6.96. The van der Waals surface area contributed by atoms with E-state index in [9.17, 15) is 17.6 Å². The molecule has 0 aliphatic rings. The van der Waals surface area contributed by atoms with Crippen LogP contribution in [0.5, 0.6) is 0 Å². The second kappa shape index (κ2) is 8.24. The molecule has 0 atom stereocenters. The van der Waals surface area contributed by atoms with Gasteiger partial charge in [0, 0.05) is 31.6 Å². The Hall–Kier alpha value is -1.47. The molecule has 0 saturated carbocycles. The Morgan fingerprint density at radius 3 is 2.50 bits per heavy atom. The third-order valence-corrected chi connectivity index (χ3v) is 4.32. The van der Waals surface area contributed by atoms with Gasteiger partial charge in [0.25, 0.3) is 0 Å². The molecule has 124 valence electrons. The van der Waals surface area contributed by atoms with E-state index in [1.54, 1.807) is 12.1 Å². The fraction of sp³-hybridized carbons (Fsp3) is 0.533. The predicted octanol–water partition coefficient (Wildman–Crippen LogP) is 1.75. The van der Waals surface area contributed by atoms with E-state index in [2.05, 4.69) is 5.32 Å². The maximum Gasteiger partial charge on any atom is 0.221 e. The van der Waals surface area contributed by atoms with Crippen molar-refractivity contribution in [2.45, 2.75) is 26.8 Å². The van der Waals surface area contributed by atoms with Crippen LogP contribution in [0.3, 0.4) is 0 Å². The van der Waals surface area contributed by atoms with E-state index in [0.29, 0.717) is 12.5 Å². The summed E-state index contributed by atoms with van der Waals surface area (Å²) in [7, 11) is -3.52. The van der Waals surface area contributed by atoms with Gasteiger partial charge < -0.3 is 5.32 Å². The van der Waals surface area contributed by atoms with Crippen molar-refractivity contribution in [1.29, 1.82) is 0 Å². The average Bonchev–Trinajstić information content (AvgIpc) is 2.41. The number of nitrogens with one attached hydrogen (secondary N) is 1. The molecule has 0 fully saturated rings. The summed E-state index contributed by atoms with van der Waals surface area (Å²) < 4.78 is 38.4. The first-order chi connectivity index (χ1) is 10.2. The van der Waals surface area contributed by atoms with Gasteiger partial charge in [-0.25, -0.2) is 12.8 Å². The van der Waals surface area contributed by atoms with Crippen molar-refractivity contribution < 1.29 is 17.6 Å². The Morgan fingerprint density at radius 1 is 1.32 bits per heavy atom. The zero-order chi connectivity index (χ0) is 16.8. The van der Waals surface area contributed by atoms with Crippen molar-refractivity contribution in [1.82, 2.24) is 9.62 Å². The molecule has 7 heteroatoms. The summed E-state index contributed by atoms with van der Waals surface area (Å²) in [6, 6.07) is 6.01. The van der Waals surface area contributed by atoms with Crippen molar-refractivity contribution in [2.24, 2.45) is 5.92 Å². The van der Waals surface area contributed by atoms with Gasteiger partial charge in [-0.3, -0.25) is 4.79 Å². The normalized spacial score (nSPS) is 11.9. The van der Waals surface area contributed by atoms with Crippen molar-refractivity contribution >= 4 is 15.9 Å². The molecule has 0 saturated heterocycles. The molecule has 5 nitrogen and oxygen atoms in total. The van der Waals surface area contributed by atoms with Crippen LogP contribution in [0.2, 0.25) is 0 Å². The van der Waals surface area contributed by atoms with Gasteiger partial charge in [-0.1, -0.05) is 32.0 Å². The Labute approximate surface area is 131 Å². The van der Waals surface area contributed by atoms with Gasteiger partial charge in [-0.2, -0.15) is 4.31 Å². The molecule has 0 aliphatic carbocycles. The number of carbonyl (C=O) groups is 1. The SMILES string of the molecule is CC(C)CNC(=O)CCN(Cc1ccccc1F)S(C)(=O)=O. The van der Waals surface area contributed by atoms with Crippen LogP contribution in [0.25, 0.3) is 0 Å². The van der Waals surface area contributed by atoms with E-state index in [-0.39, 0.29) is 31.0 Å². The second-order valence-corrected chi connectivity index (χ2v) is 7.62. The van der Waals surface area contributed by atoms with E-state index in [1.807, 2.05) is 13.8 Å². The Bertz CT molecular complexity index is 603. The lowest BCUT2D eigenvalue weighted by Crippen LogP contribution is -2.35. The van der Waals surface area contributed by atoms with Crippen LogP contribution in [0.4, 0.5) is 4.39 Å². The van der Waals surface area contributed by atoms with Crippen LogP contribution in [-0.4, -0.2) is 38.0 Å². The molecule has 0 unspecified atom stereocenters. The topological polar surface area (TPSA) is 66.5 Å². The third-order valence-electron chi connectivity index (χ3n) is 3.07. The van der Waals surface area contributed by atoms with Crippen LogP contribution in [0.1, 0.15) is 25.8 Å². The van der Waals surface area contributed by atoms with Crippen molar-refractivity contribution in [3.63, 3.8) is 0 Å². The van der Waals surface area contributed by atoms with Crippen molar-refractivity contribution in [3.8, 4) is 0 Å². The number of hydrogen-bond acceptors (Lipinski definition) is 3. The second-order valence-electron chi connectivity index (χ2n) is 5.64. The number of sulfonamides is 1. The number of amides is 1. The first-order valence-corrected chi connectivity index (χ1v) is 9.00. The third kappa shape index (κ3) is 6.53. The zero-order valence-electron chi connectivity index (χ0n) is 13.2. The maximum absolute atomic E-state index is 13.6. The molecular formula is C15H23FN2O3S. The van der Waals surface area contributed by atoms with E-state index in [0.717, 1.165) is 10.6 Å². The first-order valence-electron chi connectivity index (χ1n) is 7.15. The van der Waals surface area contributed by atoms with Crippen LogP contribution in [0, 0.1) is 11.7 Å². The van der Waals surface area contributed by atoms with Crippen LogP contribution in [0.15, 0.2) is 24.3 Å². The van der Waals surface area contributed by atoms with Gasteiger partial charge in [0.2, 0.25) is 15.9 Å². The van der Waals surface area contributed by atoms with Gasteiger partial charge >= 0.3 is 0 Å². The lowest BCUT2D eigenvalue weighted by molar-refractivity contribution is -0.121. The van der Waals surface area contributed by atoms with E-state index < -0.39 is 15.8 Å². The lowest BCUT2D eigenvalue weighted by Gasteiger charge is -2.20. The number of halogens is 1. The van der Waals surface area contributed by atoms with E-state index in [1.165, 1.54) is 12.1 Å². The number of carbonyl (C=O) groups excluding carboxylic acids is 1. The summed E-state index contributed by atoms with van der Waals surface area (Å²) >= 11 is 0. The molecule has 22 heavy (non-hydrogen) atoms. The summed E-state index contributed by atoms with van der Waals surface area (Å²) in [6.45, 7) is 4.44. The minimum atomic E-state index is -3.52. The predicted molar refractivity (Wildman–Crippen MR) is 84.1 cm³/mol. The minimum absolute atomic E-state index is 0.0249. The van der Waals surface area contributed by atoms with Crippen LogP contribution >= 0.6 is 0 Å². The molecule has 0 radical (unpaired) electrons. The molecule has 0 heterocycles. The van der Waals surface area contributed by atoms with E-state index in [4.69, 9.17) is 0 Å². The molecule has 0 bridgehead atoms. The number of benzene rings is 1. The van der Waals surface area contributed by atoms with Gasteiger partial charge in [0.05, 0.1) is 6.26 Å². The lowest BCUT2D eigenvalue weighted by atomic mass is 10.2. The average molecular weight is 330 g/mol. The molecule has 1 rings (SSSR count). The standard InChI is InChI=1S/C15H23FN2O3S/c1-12(2)10-17-15(19)8-9-18(22(3,20)21)11-13-6-4-5-7-14(13)16/h4-7,12H,8-11H2,1-3H3,(H,17,19). The summed E-state index contributed by atoms with van der Waals surface area (Å²) in [6.07, 6.45) is 1.11. The molecule has 1 aromatic carbocycles. The summed E-state index contributed by atoms with van der Waals surface area (Å²) in [4.78, 5) is 11.7. The molecule has 0 spiro atoms. The highest BCUT2D eigenvalue weighted by Gasteiger charge is 2.19. The smallest absolute Gasteiger partial charge is 0.221 e. The maximum atomic E-state index is 13.6. The van der Waals surface area contributed by atoms with Crippen molar-refractivity contribution in [3.05, 3.63) is 35.6 Å². The molecule has 1 N–H and O–H groups in total. The molecule has 0 aliphatic heterocycles. The quantitative estimate of drug-likeness (QED) is 0.790. The van der Waals surface area contributed by atoms with Crippen LogP contribution in [-0.2, 0) is 21.4 Å². The van der Waals surface area contributed by atoms with E-state index >= 15 is 0 Å². The molecule has 1 amide bonds. The number of nitrogens with zero attached hydrogens (tertiary/aromatic N) is 1. The van der Waals surface area contributed by atoms with Gasteiger partial charge in [0.1, 0.15) is 5.82 Å². The Balaban J connectivity index is 2.67. The molecular weight excluding hydrogens is 307 g/mol. The molecule has 0 aromatic heterocycles. The monoisotopic (exact) mass is 330 g/mol. The fourth-order valence-electron chi connectivity index (χ4n) is 1.81. The van der Waals surface area contributed by atoms with Crippen molar-refractivity contribution in [2.75, 3.05) is 19.3 Å². The van der Waals surface area contributed by atoms with Crippen LogP contribution < -0.4 is 5.32 Å². The fourth-order valence-corrected chi connectivity index (χ4v) is 2.61. The number of rotatable bonds is 8. The largest absolute Gasteiger partial charge is 0.356 e.